The Hall–Kier alpha value is -2.63. The number of rotatable bonds is 4. The van der Waals surface area contributed by atoms with Gasteiger partial charge in [-0.25, -0.2) is 4.79 Å². The molecule has 2 aromatic rings. The van der Waals surface area contributed by atoms with Crippen LogP contribution in [0.1, 0.15) is 15.9 Å². The van der Waals surface area contributed by atoms with Crippen molar-refractivity contribution in [2.24, 2.45) is 7.05 Å². The Bertz CT molecular complexity index is 802. The molecule has 0 bridgehead atoms. The molecule has 0 aliphatic heterocycles. The monoisotopic (exact) mass is 288 g/mol. The van der Waals surface area contributed by atoms with Gasteiger partial charge in [-0.15, -0.1) is 0 Å². The normalized spacial score (nSPS) is 10.4. The fourth-order valence-electron chi connectivity index (χ4n) is 2.02. The van der Waals surface area contributed by atoms with Crippen molar-refractivity contribution in [3.8, 4) is 5.75 Å². The number of nitrogens with zero attached hydrogens (tertiary/aromatic N) is 2. The van der Waals surface area contributed by atoms with E-state index in [0.717, 1.165) is 10.1 Å². The molecular formula is C15H16N2O4. The molecule has 0 spiro atoms. The molecule has 0 N–H and O–H groups in total. The van der Waals surface area contributed by atoms with Crippen LogP contribution < -0.4 is 16.0 Å². The smallest absolute Gasteiger partial charge is 0.331 e. The molecule has 2 rings (SSSR count). The van der Waals surface area contributed by atoms with Crippen molar-refractivity contribution in [1.82, 2.24) is 9.13 Å². The van der Waals surface area contributed by atoms with E-state index in [1.54, 1.807) is 18.2 Å². The summed E-state index contributed by atoms with van der Waals surface area (Å²) in [7, 11) is 2.99. The summed E-state index contributed by atoms with van der Waals surface area (Å²) in [5, 5.41) is 0. The van der Waals surface area contributed by atoms with Crippen LogP contribution in [0.4, 0.5) is 0 Å². The van der Waals surface area contributed by atoms with Crippen LogP contribution in [0, 0.1) is 6.92 Å². The number of benzene rings is 1. The Kier molecular flexibility index (Phi) is 4.07. The molecule has 110 valence electrons. The molecule has 1 aromatic heterocycles. The topological polar surface area (TPSA) is 70.3 Å². The van der Waals surface area contributed by atoms with E-state index >= 15 is 0 Å². The summed E-state index contributed by atoms with van der Waals surface area (Å²) in [6.45, 7) is 1.57. The lowest BCUT2D eigenvalue weighted by Crippen LogP contribution is -2.39. The van der Waals surface area contributed by atoms with Gasteiger partial charge in [-0.3, -0.25) is 14.2 Å². The average Bonchev–Trinajstić information content (AvgIpc) is 2.47. The molecule has 0 amide bonds. The Balaban J connectivity index is 2.42. The van der Waals surface area contributed by atoms with Crippen LogP contribution >= 0.6 is 0 Å². The van der Waals surface area contributed by atoms with E-state index in [1.165, 1.54) is 31.0 Å². The van der Waals surface area contributed by atoms with Gasteiger partial charge in [0.25, 0.3) is 5.56 Å². The number of methoxy groups -OCH3 is 1. The van der Waals surface area contributed by atoms with Crippen molar-refractivity contribution in [1.29, 1.82) is 0 Å². The molecule has 0 fully saturated rings. The first-order valence-electron chi connectivity index (χ1n) is 6.38. The molecule has 6 nitrogen and oxygen atoms in total. The summed E-state index contributed by atoms with van der Waals surface area (Å²) < 4.78 is 7.33. The first-order valence-corrected chi connectivity index (χ1v) is 6.38. The SMILES string of the molecule is COc1cc(C)ccc1C(=O)Cn1c(=O)ccn(C)c1=O. The van der Waals surface area contributed by atoms with Gasteiger partial charge >= 0.3 is 5.69 Å². The minimum Gasteiger partial charge on any atom is -0.496 e. The third kappa shape index (κ3) is 2.94. The lowest BCUT2D eigenvalue weighted by atomic mass is 10.1. The Labute approximate surface area is 121 Å². The van der Waals surface area contributed by atoms with Gasteiger partial charge in [-0.1, -0.05) is 6.07 Å². The summed E-state index contributed by atoms with van der Waals surface area (Å²) >= 11 is 0. The van der Waals surface area contributed by atoms with Crippen molar-refractivity contribution < 1.29 is 9.53 Å². The molecule has 0 unspecified atom stereocenters. The van der Waals surface area contributed by atoms with Crippen LogP contribution in [0.15, 0.2) is 40.1 Å². The second-order valence-corrected chi connectivity index (χ2v) is 4.76. The summed E-state index contributed by atoms with van der Waals surface area (Å²) in [5.41, 5.74) is 0.275. The maximum atomic E-state index is 12.3. The van der Waals surface area contributed by atoms with Gasteiger partial charge in [0.2, 0.25) is 0 Å². The van der Waals surface area contributed by atoms with Gasteiger partial charge in [0.15, 0.2) is 5.78 Å². The predicted molar refractivity (Wildman–Crippen MR) is 78.0 cm³/mol. The number of aromatic nitrogens is 2. The highest BCUT2D eigenvalue weighted by Gasteiger charge is 2.15. The van der Waals surface area contributed by atoms with Gasteiger partial charge in [0.1, 0.15) is 5.75 Å². The summed E-state index contributed by atoms with van der Waals surface area (Å²) in [4.78, 5) is 36.0. The van der Waals surface area contributed by atoms with E-state index in [0.29, 0.717) is 11.3 Å². The van der Waals surface area contributed by atoms with Crippen molar-refractivity contribution in [2.75, 3.05) is 7.11 Å². The summed E-state index contributed by atoms with van der Waals surface area (Å²) in [6.07, 6.45) is 1.37. The first-order chi connectivity index (χ1) is 9.93. The molecule has 6 heteroatoms. The second-order valence-electron chi connectivity index (χ2n) is 4.76. The minimum atomic E-state index is -0.526. The van der Waals surface area contributed by atoms with Crippen molar-refractivity contribution in [2.45, 2.75) is 13.5 Å². The number of hydrogen-bond acceptors (Lipinski definition) is 4. The zero-order chi connectivity index (χ0) is 15.6. The fraction of sp³-hybridized carbons (Fsp3) is 0.267. The Morgan fingerprint density at radius 3 is 2.62 bits per heavy atom. The Morgan fingerprint density at radius 1 is 1.24 bits per heavy atom. The van der Waals surface area contributed by atoms with Crippen molar-refractivity contribution in [3.63, 3.8) is 0 Å². The number of Topliss-reactive ketones (excluding diaryl/α,β-unsaturated/α-hetero) is 1. The van der Waals surface area contributed by atoms with E-state index in [-0.39, 0.29) is 12.3 Å². The number of aryl methyl sites for hydroxylation is 2. The van der Waals surface area contributed by atoms with Crippen LogP contribution in [-0.4, -0.2) is 22.0 Å². The van der Waals surface area contributed by atoms with Crippen molar-refractivity contribution in [3.05, 3.63) is 62.4 Å². The van der Waals surface area contributed by atoms with Gasteiger partial charge < -0.3 is 9.30 Å². The molecule has 0 aliphatic rings. The number of carbonyl (C=O) groups excluding carboxylic acids is 1. The molecule has 1 heterocycles. The maximum absolute atomic E-state index is 12.3. The molecule has 0 atom stereocenters. The molecule has 0 aliphatic carbocycles. The summed E-state index contributed by atoms with van der Waals surface area (Å²) in [5.74, 6) is 0.0815. The molecule has 0 radical (unpaired) electrons. The van der Waals surface area contributed by atoms with E-state index in [2.05, 4.69) is 0 Å². The van der Waals surface area contributed by atoms with Crippen LogP contribution in [0.2, 0.25) is 0 Å². The predicted octanol–water partition coefficient (Wildman–Crippen LogP) is 0.747. The quantitative estimate of drug-likeness (QED) is 0.778. The van der Waals surface area contributed by atoms with E-state index in [4.69, 9.17) is 4.74 Å². The number of ether oxygens (including phenoxy) is 1. The molecule has 0 saturated carbocycles. The van der Waals surface area contributed by atoms with Crippen LogP contribution in [0.25, 0.3) is 0 Å². The minimum absolute atomic E-state index is 0.314. The summed E-state index contributed by atoms with van der Waals surface area (Å²) in [6, 6.07) is 6.40. The fourth-order valence-corrected chi connectivity index (χ4v) is 2.02. The van der Waals surface area contributed by atoms with E-state index in [1.807, 2.05) is 6.92 Å². The number of hydrogen-bond donors (Lipinski definition) is 0. The second kappa shape index (κ2) is 5.78. The molecule has 21 heavy (non-hydrogen) atoms. The standard InChI is InChI=1S/C15H16N2O4/c1-10-4-5-11(13(8-10)21-3)12(18)9-17-14(19)6-7-16(2)15(17)20/h4-8H,9H2,1-3H3. The molecule has 0 saturated heterocycles. The highest BCUT2D eigenvalue weighted by molar-refractivity contribution is 5.98. The molecule has 1 aromatic carbocycles. The number of ketones is 1. The zero-order valence-electron chi connectivity index (χ0n) is 12.1. The van der Waals surface area contributed by atoms with E-state index < -0.39 is 11.2 Å². The van der Waals surface area contributed by atoms with Gasteiger partial charge in [0, 0.05) is 19.3 Å². The van der Waals surface area contributed by atoms with Crippen molar-refractivity contribution >= 4 is 5.78 Å². The highest BCUT2D eigenvalue weighted by Crippen LogP contribution is 2.20. The third-order valence-corrected chi connectivity index (χ3v) is 3.20. The molecular weight excluding hydrogens is 272 g/mol. The largest absolute Gasteiger partial charge is 0.496 e. The maximum Gasteiger partial charge on any atom is 0.331 e. The third-order valence-electron chi connectivity index (χ3n) is 3.20. The van der Waals surface area contributed by atoms with Crippen LogP contribution in [0.3, 0.4) is 0 Å². The average molecular weight is 288 g/mol. The van der Waals surface area contributed by atoms with E-state index in [9.17, 15) is 14.4 Å². The first kappa shape index (κ1) is 14.8. The lowest BCUT2D eigenvalue weighted by Gasteiger charge is -2.10. The van der Waals surface area contributed by atoms with Crippen LogP contribution in [0.5, 0.6) is 5.75 Å². The number of carbonyl (C=O) groups is 1. The lowest BCUT2D eigenvalue weighted by molar-refractivity contribution is 0.0965. The van der Waals surface area contributed by atoms with Gasteiger partial charge in [0.05, 0.1) is 19.2 Å². The Morgan fingerprint density at radius 2 is 1.95 bits per heavy atom. The van der Waals surface area contributed by atoms with Gasteiger partial charge in [-0.05, 0) is 24.6 Å². The van der Waals surface area contributed by atoms with Crippen LogP contribution in [-0.2, 0) is 13.6 Å². The van der Waals surface area contributed by atoms with Gasteiger partial charge in [-0.2, -0.15) is 0 Å². The zero-order valence-corrected chi connectivity index (χ0v) is 12.1. The highest BCUT2D eigenvalue weighted by atomic mass is 16.5.